The van der Waals surface area contributed by atoms with E-state index in [0.29, 0.717) is 6.54 Å². The van der Waals surface area contributed by atoms with E-state index < -0.39 is 0 Å². The molecule has 3 heteroatoms. The van der Waals surface area contributed by atoms with Gasteiger partial charge >= 0.3 is 0 Å². The largest absolute Gasteiger partial charge is 0.348 e. The van der Waals surface area contributed by atoms with Gasteiger partial charge in [-0.1, -0.05) is 24.3 Å². The number of likely N-dealkylation sites (N-methyl/N-ethyl adjacent to an activating group) is 1. The Morgan fingerprint density at radius 3 is 2.56 bits per heavy atom. The van der Waals surface area contributed by atoms with Gasteiger partial charge in [-0.05, 0) is 25.0 Å². The molecule has 0 bridgehead atoms. The van der Waals surface area contributed by atoms with Gasteiger partial charge < -0.3 is 10.2 Å². The molecule has 1 amide bonds. The summed E-state index contributed by atoms with van der Waals surface area (Å²) in [5.74, 6) is 0.0976. The van der Waals surface area contributed by atoms with Crippen molar-refractivity contribution in [2.75, 3.05) is 20.6 Å². The number of aryl methyl sites for hydroxylation is 1. The summed E-state index contributed by atoms with van der Waals surface area (Å²) >= 11 is 0. The first-order valence-electron chi connectivity index (χ1n) is 5.51. The predicted molar refractivity (Wildman–Crippen MR) is 66.3 cm³/mol. The molecule has 0 aliphatic rings. The van der Waals surface area contributed by atoms with Crippen molar-refractivity contribution in [2.24, 2.45) is 0 Å². The first-order chi connectivity index (χ1) is 7.52. The first kappa shape index (κ1) is 12.7. The van der Waals surface area contributed by atoms with Gasteiger partial charge in [-0.2, -0.15) is 0 Å². The lowest BCUT2D eigenvalue weighted by atomic mass is 10.0. The van der Waals surface area contributed by atoms with Crippen LogP contribution in [0.4, 0.5) is 0 Å². The smallest absolute Gasteiger partial charge is 0.236 e. The molecule has 1 aromatic rings. The highest BCUT2D eigenvalue weighted by molar-refractivity contribution is 5.77. The van der Waals surface area contributed by atoms with E-state index in [0.717, 1.165) is 0 Å². The van der Waals surface area contributed by atoms with E-state index in [1.807, 2.05) is 12.1 Å². The summed E-state index contributed by atoms with van der Waals surface area (Å²) in [5, 5.41) is 3.23. The third kappa shape index (κ3) is 3.35. The Labute approximate surface area is 97.5 Å². The standard InChI is InChI=1S/C13H20N2O/c1-10-7-5-6-8-12(10)11(2)14-9-13(16)15(3)4/h5-8,11,14H,9H2,1-4H3. The zero-order valence-corrected chi connectivity index (χ0v) is 10.4. The molecule has 0 saturated carbocycles. The average Bonchev–Trinajstić information content (AvgIpc) is 2.25. The molecule has 0 saturated heterocycles. The zero-order chi connectivity index (χ0) is 12.1. The minimum absolute atomic E-state index is 0.0976. The number of amides is 1. The zero-order valence-electron chi connectivity index (χ0n) is 10.4. The van der Waals surface area contributed by atoms with Gasteiger partial charge in [-0.15, -0.1) is 0 Å². The molecular formula is C13H20N2O. The summed E-state index contributed by atoms with van der Waals surface area (Å²) in [4.78, 5) is 13.0. The highest BCUT2D eigenvalue weighted by atomic mass is 16.2. The van der Waals surface area contributed by atoms with E-state index in [1.54, 1.807) is 19.0 Å². The minimum Gasteiger partial charge on any atom is -0.348 e. The van der Waals surface area contributed by atoms with Gasteiger partial charge in [0.2, 0.25) is 5.91 Å². The third-order valence-corrected chi connectivity index (χ3v) is 2.71. The van der Waals surface area contributed by atoms with Crippen molar-refractivity contribution in [3.8, 4) is 0 Å². The molecule has 1 aromatic carbocycles. The second kappa shape index (κ2) is 5.66. The van der Waals surface area contributed by atoms with E-state index in [1.165, 1.54) is 11.1 Å². The monoisotopic (exact) mass is 220 g/mol. The van der Waals surface area contributed by atoms with Gasteiger partial charge in [0.1, 0.15) is 0 Å². The molecular weight excluding hydrogens is 200 g/mol. The summed E-state index contributed by atoms with van der Waals surface area (Å²) in [5.41, 5.74) is 2.49. The molecule has 1 N–H and O–H groups in total. The summed E-state index contributed by atoms with van der Waals surface area (Å²) < 4.78 is 0. The van der Waals surface area contributed by atoms with Crippen LogP contribution in [0.15, 0.2) is 24.3 Å². The molecule has 0 spiro atoms. The van der Waals surface area contributed by atoms with E-state index in [-0.39, 0.29) is 11.9 Å². The molecule has 0 radical (unpaired) electrons. The molecule has 0 aliphatic carbocycles. The Bertz CT molecular complexity index is 361. The van der Waals surface area contributed by atoms with Crippen LogP contribution in [0, 0.1) is 6.92 Å². The van der Waals surface area contributed by atoms with Crippen LogP contribution >= 0.6 is 0 Å². The fourth-order valence-electron chi connectivity index (χ4n) is 1.58. The van der Waals surface area contributed by atoms with Crippen molar-refractivity contribution in [3.63, 3.8) is 0 Å². The number of nitrogens with zero attached hydrogens (tertiary/aromatic N) is 1. The third-order valence-electron chi connectivity index (χ3n) is 2.71. The fourth-order valence-corrected chi connectivity index (χ4v) is 1.58. The van der Waals surface area contributed by atoms with Gasteiger partial charge in [-0.3, -0.25) is 4.79 Å². The fraction of sp³-hybridized carbons (Fsp3) is 0.462. The van der Waals surface area contributed by atoms with Crippen LogP contribution in [-0.2, 0) is 4.79 Å². The number of rotatable bonds is 4. The van der Waals surface area contributed by atoms with Crippen LogP contribution in [0.25, 0.3) is 0 Å². The van der Waals surface area contributed by atoms with Gasteiger partial charge in [-0.25, -0.2) is 0 Å². The quantitative estimate of drug-likeness (QED) is 0.838. The van der Waals surface area contributed by atoms with Crippen molar-refractivity contribution >= 4 is 5.91 Å². The molecule has 0 fully saturated rings. The van der Waals surface area contributed by atoms with Crippen molar-refractivity contribution in [1.82, 2.24) is 10.2 Å². The van der Waals surface area contributed by atoms with Crippen LogP contribution in [0.1, 0.15) is 24.1 Å². The lowest BCUT2D eigenvalue weighted by Crippen LogP contribution is -2.34. The van der Waals surface area contributed by atoms with Gasteiger partial charge in [0.15, 0.2) is 0 Å². The number of carbonyl (C=O) groups is 1. The van der Waals surface area contributed by atoms with Crippen molar-refractivity contribution in [1.29, 1.82) is 0 Å². The second-order valence-electron chi connectivity index (χ2n) is 4.25. The maximum absolute atomic E-state index is 11.4. The normalized spacial score (nSPS) is 12.2. The second-order valence-corrected chi connectivity index (χ2v) is 4.25. The molecule has 0 aliphatic heterocycles. The van der Waals surface area contributed by atoms with Crippen LogP contribution < -0.4 is 5.32 Å². The maximum atomic E-state index is 11.4. The molecule has 0 heterocycles. The molecule has 1 atom stereocenters. The van der Waals surface area contributed by atoms with Crippen molar-refractivity contribution < 1.29 is 4.79 Å². The molecule has 0 aromatic heterocycles. The predicted octanol–water partition coefficient (Wildman–Crippen LogP) is 1.73. The van der Waals surface area contributed by atoms with Crippen LogP contribution in [0.2, 0.25) is 0 Å². The Morgan fingerprint density at radius 2 is 2.00 bits per heavy atom. The van der Waals surface area contributed by atoms with E-state index in [4.69, 9.17) is 0 Å². The summed E-state index contributed by atoms with van der Waals surface area (Å²) in [6.45, 7) is 4.54. The van der Waals surface area contributed by atoms with Gasteiger partial charge in [0.25, 0.3) is 0 Å². The number of hydrogen-bond acceptors (Lipinski definition) is 2. The number of hydrogen-bond donors (Lipinski definition) is 1. The Kier molecular flexibility index (Phi) is 4.50. The van der Waals surface area contributed by atoms with E-state index in [2.05, 4.69) is 31.3 Å². The molecule has 3 nitrogen and oxygen atoms in total. The lowest BCUT2D eigenvalue weighted by molar-refractivity contribution is -0.127. The van der Waals surface area contributed by atoms with Gasteiger partial charge in [0.05, 0.1) is 6.54 Å². The van der Waals surface area contributed by atoms with Crippen molar-refractivity contribution in [3.05, 3.63) is 35.4 Å². The number of carbonyl (C=O) groups excluding carboxylic acids is 1. The summed E-state index contributed by atoms with van der Waals surface area (Å²) in [6, 6.07) is 8.42. The van der Waals surface area contributed by atoms with Gasteiger partial charge in [0, 0.05) is 20.1 Å². The summed E-state index contributed by atoms with van der Waals surface area (Å²) in [6.07, 6.45) is 0. The Hall–Kier alpha value is -1.35. The average molecular weight is 220 g/mol. The van der Waals surface area contributed by atoms with Crippen LogP contribution in [-0.4, -0.2) is 31.4 Å². The number of benzene rings is 1. The molecule has 88 valence electrons. The topological polar surface area (TPSA) is 32.3 Å². The molecule has 1 unspecified atom stereocenters. The van der Waals surface area contributed by atoms with Crippen LogP contribution in [0.5, 0.6) is 0 Å². The SMILES string of the molecule is Cc1ccccc1C(C)NCC(=O)N(C)C. The minimum atomic E-state index is 0.0976. The van der Waals surface area contributed by atoms with E-state index >= 15 is 0 Å². The van der Waals surface area contributed by atoms with Crippen LogP contribution in [0.3, 0.4) is 0 Å². The number of nitrogens with one attached hydrogen (secondary N) is 1. The van der Waals surface area contributed by atoms with Crippen molar-refractivity contribution in [2.45, 2.75) is 19.9 Å². The lowest BCUT2D eigenvalue weighted by Gasteiger charge is -2.17. The highest BCUT2D eigenvalue weighted by Gasteiger charge is 2.10. The highest BCUT2D eigenvalue weighted by Crippen LogP contribution is 2.16. The molecule has 1 rings (SSSR count). The maximum Gasteiger partial charge on any atom is 0.236 e. The summed E-state index contributed by atoms with van der Waals surface area (Å²) in [7, 11) is 3.53. The Morgan fingerprint density at radius 1 is 1.38 bits per heavy atom. The Balaban J connectivity index is 2.56. The van der Waals surface area contributed by atoms with E-state index in [9.17, 15) is 4.79 Å². The first-order valence-corrected chi connectivity index (χ1v) is 5.51. The molecule has 16 heavy (non-hydrogen) atoms.